The highest BCUT2D eigenvalue weighted by Crippen LogP contribution is 2.05. The van der Waals surface area contributed by atoms with E-state index in [1.807, 2.05) is 11.8 Å². The van der Waals surface area contributed by atoms with Gasteiger partial charge in [-0.2, -0.15) is 0 Å². The second-order valence-electron chi connectivity index (χ2n) is 4.30. The largest absolute Gasteiger partial charge is 0.469 e. The third-order valence-electron chi connectivity index (χ3n) is 3.05. The van der Waals surface area contributed by atoms with Crippen LogP contribution >= 0.6 is 0 Å². The van der Waals surface area contributed by atoms with Crippen molar-refractivity contribution in [3.63, 3.8) is 0 Å². The number of hydrogen-bond acceptors (Lipinski definition) is 4. The summed E-state index contributed by atoms with van der Waals surface area (Å²) in [7, 11) is 1.41. The van der Waals surface area contributed by atoms with Crippen molar-refractivity contribution >= 4 is 11.9 Å². The van der Waals surface area contributed by atoms with Gasteiger partial charge in [0.15, 0.2) is 0 Å². The van der Waals surface area contributed by atoms with E-state index in [4.69, 9.17) is 0 Å². The molecule has 5 heteroatoms. The average molecular weight is 242 g/mol. The molecule has 1 rings (SSSR count). The first kappa shape index (κ1) is 14.0. The van der Waals surface area contributed by atoms with Crippen LogP contribution in [0.15, 0.2) is 0 Å². The molecule has 0 spiro atoms. The number of amides is 1. The highest BCUT2D eigenvalue weighted by Gasteiger charge is 2.20. The van der Waals surface area contributed by atoms with E-state index in [2.05, 4.69) is 9.64 Å². The lowest BCUT2D eigenvalue weighted by molar-refractivity contribution is -0.141. The van der Waals surface area contributed by atoms with Crippen molar-refractivity contribution < 1.29 is 14.3 Å². The van der Waals surface area contributed by atoms with Crippen molar-refractivity contribution in [1.82, 2.24) is 9.80 Å². The minimum Gasteiger partial charge on any atom is -0.469 e. The molecule has 0 radical (unpaired) electrons. The van der Waals surface area contributed by atoms with Crippen molar-refractivity contribution in [1.29, 1.82) is 0 Å². The van der Waals surface area contributed by atoms with Gasteiger partial charge in [-0.1, -0.05) is 6.92 Å². The number of methoxy groups -OCH3 is 1. The smallest absolute Gasteiger partial charge is 0.306 e. The van der Waals surface area contributed by atoms with Crippen molar-refractivity contribution in [3.05, 3.63) is 0 Å². The van der Waals surface area contributed by atoms with Gasteiger partial charge in [-0.15, -0.1) is 0 Å². The molecule has 5 nitrogen and oxygen atoms in total. The number of carbonyl (C=O) groups excluding carboxylic acids is 2. The Hall–Kier alpha value is -1.10. The number of carbonyl (C=O) groups is 2. The van der Waals surface area contributed by atoms with Crippen LogP contribution in [0, 0.1) is 0 Å². The average Bonchev–Trinajstić information content (AvgIpc) is 2.36. The summed E-state index contributed by atoms with van der Waals surface area (Å²) in [4.78, 5) is 26.8. The zero-order valence-corrected chi connectivity index (χ0v) is 10.8. The van der Waals surface area contributed by atoms with Crippen LogP contribution in [-0.2, 0) is 14.3 Å². The van der Waals surface area contributed by atoms with Crippen molar-refractivity contribution in [2.24, 2.45) is 0 Å². The number of esters is 1. The minimum atomic E-state index is -0.172. The first-order chi connectivity index (χ1) is 8.17. The number of rotatable bonds is 5. The van der Waals surface area contributed by atoms with Gasteiger partial charge in [-0.3, -0.25) is 14.5 Å². The van der Waals surface area contributed by atoms with Crippen LogP contribution in [0.3, 0.4) is 0 Å². The summed E-state index contributed by atoms with van der Waals surface area (Å²) in [6.45, 7) is 6.01. The van der Waals surface area contributed by atoms with E-state index in [0.29, 0.717) is 12.8 Å². The van der Waals surface area contributed by atoms with Gasteiger partial charge in [0.2, 0.25) is 5.91 Å². The molecule has 1 heterocycles. The van der Waals surface area contributed by atoms with Crippen LogP contribution in [0.25, 0.3) is 0 Å². The zero-order valence-electron chi connectivity index (χ0n) is 10.8. The topological polar surface area (TPSA) is 49.9 Å². The first-order valence-electron chi connectivity index (χ1n) is 6.24. The van der Waals surface area contributed by atoms with Gasteiger partial charge in [0.1, 0.15) is 0 Å². The number of ether oxygens (including phenoxy) is 1. The Bertz CT molecular complexity index is 260. The fourth-order valence-corrected chi connectivity index (χ4v) is 1.94. The molecule has 1 fully saturated rings. The molecule has 98 valence electrons. The lowest BCUT2D eigenvalue weighted by atomic mass is 10.2. The summed E-state index contributed by atoms with van der Waals surface area (Å²) in [6, 6.07) is 0. The molecule has 0 atom stereocenters. The van der Waals surface area contributed by atoms with E-state index < -0.39 is 0 Å². The molecule has 0 N–H and O–H groups in total. The highest BCUT2D eigenvalue weighted by atomic mass is 16.5. The van der Waals surface area contributed by atoms with Crippen LogP contribution in [0.4, 0.5) is 0 Å². The maximum atomic E-state index is 11.7. The van der Waals surface area contributed by atoms with Crippen molar-refractivity contribution in [2.75, 3.05) is 39.8 Å². The van der Waals surface area contributed by atoms with Crippen LogP contribution in [0.5, 0.6) is 0 Å². The quantitative estimate of drug-likeness (QED) is 0.659. The molecule has 0 aromatic heterocycles. The molecule has 0 saturated carbocycles. The molecule has 1 aliphatic rings. The lowest BCUT2D eigenvalue weighted by Gasteiger charge is -2.34. The highest BCUT2D eigenvalue weighted by molar-refractivity contribution is 5.76. The Kier molecular flexibility index (Phi) is 5.97. The predicted octanol–water partition coefficient (Wildman–Crippen LogP) is 0.494. The molecule has 17 heavy (non-hydrogen) atoms. The molecular formula is C12H22N2O3. The Morgan fingerprint density at radius 2 is 1.76 bits per heavy atom. The number of piperazine rings is 1. The summed E-state index contributed by atoms with van der Waals surface area (Å²) in [5.74, 6) is 0.0783. The summed E-state index contributed by atoms with van der Waals surface area (Å²) in [5, 5.41) is 0. The second-order valence-corrected chi connectivity index (χ2v) is 4.30. The van der Waals surface area contributed by atoms with Crippen LogP contribution < -0.4 is 0 Å². The summed E-state index contributed by atoms with van der Waals surface area (Å²) < 4.78 is 4.60. The Morgan fingerprint density at radius 1 is 1.12 bits per heavy atom. The third kappa shape index (κ3) is 4.73. The third-order valence-corrected chi connectivity index (χ3v) is 3.05. The molecule has 1 aliphatic heterocycles. The van der Waals surface area contributed by atoms with Gasteiger partial charge >= 0.3 is 5.97 Å². The second kappa shape index (κ2) is 7.27. The number of hydrogen-bond donors (Lipinski definition) is 0. The van der Waals surface area contributed by atoms with Gasteiger partial charge in [-0.05, 0) is 6.42 Å². The molecule has 0 aromatic carbocycles. The molecule has 0 bridgehead atoms. The fourth-order valence-electron chi connectivity index (χ4n) is 1.94. The lowest BCUT2D eigenvalue weighted by Crippen LogP contribution is -2.49. The Balaban J connectivity index is 2.21. The van der Waals surface area contributed by atoms with Crippen molar-refractivity contribution in [3.8, 4) is 0 Å². The van der Waals surface area contributed by atoms with Gasteiger partial charge in [0.05, 0.1) is 13.5 Å². The van der Waals surface area contributed by atoms with Gasteiger partial charge in [0.25, 0.3) is 0 Å². The molecular weight excluding hydrogens is 220 g/mol. The zero-order chi connectivity index (χ0) is 12.7. The molecule has 1 saturated heterocycles. The Labute approximate surface area is 103 Å². The van der Waals surface area contributed by atoms with Crippen LogP contribution in [0.2, 0.25) is 0 Å². The van der Waals surface area contributed by atoms with Crippen molar-refractivity contribution in [2.45, 2.75) is 26.2 Å². The van der Waals surface area contributed by atoms with E-state index in [1.165, 1.54) is 7.11 Å². The van der Waals surface area contributed by atoms with E-state index in [-0.39, 0.29) is 11.9 Å². The van der Waals surface area contributed by atoms with E-state index in [9.17, 15) is 9.59 Å². The summed E-state index contributed by atoms with van der Waals surface area (Å²) in [5.41, 5.74) is 0. The minimum absolute atomic E-state index is 0.172. The monoisotopic (exact) mass is 242 g/mol. The van der Waals surface area contributed by atoms with Gasteiger partial charge < -0.3 is 9.64 Å². The van der Waals surface area contributed by atoms with Gasteiger partial charge in [-0.25, -0.2) is 0 Å². The maximum Gasteiger partial charge on any atom is 0.306 e. The molecule has 1 amide bonds. The van der Waals surface area contributed by atoms with E-state index in [0.717, 1.165) is 39.1 Å². The van der Waals surface area contributed by atoms with E-state index >= 15 is 0 Å². The number of nitrogens with zero attached hydrogens (tertiary/aromatic N) is 2. The summed E-state index contributed by atoms with van der Waals surface area (Å²) in [6.07, 6.45) is 1.98. The maximum absolute atomic E-state index is 11.7. The predicted molar refractivity (Wildman–Crippen MR) is 64.6 cm³/mol. The van der Waals surface area contributed by atoms with E-state index in [1.54, 1.807) is 0 Å². The first-order valence-corrected chi connectivity index (χ1v) is 6.24. The SMILES string of the molecule is CCCC(=O)N1CCN(CCC(=O)OC)CC1. The summed E-state index contributed by atoms with van der Waals surface area (Å²) >= 11 is 0. The standard InChI is InChI=1S/C12H22N2O3/c1-3-4-11(15)14-9-7-13(8-10-14)6-5-12(16)17-2/h3-10H2,1-2H3. The molecule has 0 aromatic rings. The normalized spacial score (nSPS) is 16.9. The van der Waals surface area contributed by atoms with Gasteiger partial charge in [0, 0.05) is 39.1 Å². The van der Waals surface area contributed by atoms with Crippen LogP contribution in [0.1, 0.15) is 26.2 Å². The molecule has 0 aliphatic carbocycles. The fraction of sp³-hybridized carbons (Fsp3) is 0.833. The molecule has 0 unspecified atom stereocenters. The Morgan fingerprint density at radius 3 is 2.29 bits per heavy atom. The van der Waals surface area contributed by atoms with Crippen LogP contribution in [-0.4, -0.2) is 61.5 Å².